The zero-order valence-electron chi connectivity index (χ0n) is 10.4. The van der Waals surface area contributed by atoms with Gasteiger partial charge in [-0.15, -0.1) is 0 Å². The van der Waals surface area contributed by atoms with Crippen LogP contribution in [0.5, 0.6) is 0 Å². The van der Waals surface area contributed by atoms with Gasteiger partial charge in [0.25, 0.3) is 0 Å². The summed E-state index contributed by atoms with van der Waals surface area (Å²) in [5, 5.41) is 9.16. The van der Waals surface area contributed by atoms with E-state index in [0.29, 0.717) is 12.0 Å². The van der Waals surface area contributed by atoms with E-state index >= 15 is 0 Å². The van der Waals surface area contributed by atoms with Crippen LogP contribution in [0.2, 0.25) is 0 Å². The van der Waals surface area contributed by atoms with Gasteiger partial charge in [-0.2, -0.15) is 5.26 Å². The maximum Gasteiger partial charge on any atom is 0.182 e. The highest BCUT2D eigenvalue weighted by Gasteiger charge is 2.35. The van der Waals surface area contributed by atoms with Gasteiger partial charge in [0.2, 0.25) is 0 Å². The van der Waals surface area contributed by atoms with Crippen LogP contribution >= 0.6 is 0 Å². The number of nitrogens with zero attached hydrogens (tertiary/aromatic N) is 2. The summed E-state index contributed by atoms with van der Waals surface area (Å²) in [7, 11) is 0. The van der Waals surface area contributed by atoms with Crippen LogP contribution in [-0.4, -0.2) is 16.8 Å². The molecule has 0 amide bonds. The van der Waals surface area contributed by atoms with Crippen LogP contribution in [0, 0.1) is 23.2 Å². The molecule has 1 aliphatic rings. The van der Waals surface area contributed by atoms with Crippen LogP contribution in [0.4, 0.5) is 0 Å². The van der Waals surface area contributed by atoms with Crippen LogP contribution in [0.3, 0.4) is 0 Å². The number of rotatable bonds is 3. The Kier molecular flexibility index (Phi) is 3.68. The highest BCUT2D eigenvalue weighted by Crippen LogP contribution is 2.30. The summed E-state index contributed by atoms with van der Waals surface area (Å²) < 4.78 is 2.27. The lowest BCUT2D eigenvalue weighted by molar-refractivity contribution is -0.506. The van der Waals surface area contributed by atoms with Crippen LogP contribution in [0.15, 0.2) is 11.3 Å². The van der Waals surface area contributed by atoms with Crippen LogP contribution in [0.25, 0.3) is 0 Å². The van der Waals surface area contributed by atoms with Crippen molar-refractivity contribution < 1.29 is 4.58 Å². The molecule has 0 radical (unpaired) electrons. The molecule has 0 N–H and O–H groups in total. The summed E-state index contributed by atoms with van der Waals surface area (Å²) >= 11 is 0. The minimum atomic E-state index is -0.0117. The summed E-state index contributed by atoms with van der Waals surface area (Å²) in [6, 6.07) is 2.84. The molecule has 1 heterocycles. The zero-order valence-corrected chi connectivity index (χ0v) is 10.4. The fourth-order valence-corrected chi connectivity index (χ4v) is 2.33. The van der Waals surface area contributed by atoms with Crippen molar-refractivity contribution in [3.63, 3.8) is 0 Å². The summed E-state index contributed by atoms with van der Waals surface area (Å²) in [6.45, 7) is 10.9. The minimum absolute atomic E-state index is 0.0117. The lowest BCUT2D eigenvalue weighted by Crippen LogP contribution is -2.18. The van der Waals surface area contributed by atoms with E-state index in [-0.39, 0.29) is 5.92 Å². The minimum Gasteiger partial charge on any atom is -0.203 e. The van der Waals surface area contributed by atoms with Crippen molar-refractivity contribution in [1.29, 1.82) is 5.26 Å². The van der Waals surface area contributed by atoms with Crippen molar-refractivity contribution in [2.45, 2.75) is 47.1 Å². The van der Waals surface area contributed by atoms with Crippen molar-refractivity contribution in [2.75, 3.05) is 0 Å². The first-order valence-corrected chi connectivity index (χ1v) is 5.78. The molecule has 0 aliphatic carbocycles. The normalized spacial score (nSPS) is 21.2. The Hall–Kier alpha value is -1.10. The first kappa shape index (κ1) is 12.0. The second kappa shape index (κ2) is 4.61. The molecule has 15 heavy (non-hydrogen) atoms. The zero-order chi connectivity index (χ0) is 11.6. The number of hydrogen-bond acceptors (Lipinski definition) is 1. The van der Waals surface area contributed by atoms with E-state index in [0.717, 1.165) is 6.42 Å². The SMILES string of the molecule is CCC1=C(C(C)C)C(C#N)C=[N+]1C(C)C. The molecule has 0 bridgehead atoms. The fraction of sp³-hybridized carbons (Fsp3) is 0.692. The van der Waals surface area contributed by atoms with Crippen molar-refractivity contribution in [3.8, 4) is 6.07 Å². The first-order valence-electron chi connectivity index (χ1n) is 5.78. The molecule has 0 aromatic rings. The molecule has 0 spiro atoms. The van der Waals surface area contributed by atoms with Gasteiger partial charge in [-0.3, -0.25) is 0 Å². The van der Waals surface area contributed by atoms with Crippen molar-refractivity contribution in [3.05, 3.63) is 11.3 Å². The molecule has 2 heteroatoms. The molecule has 1 atom stereocenters. The fourth-order valence-electron chi connectivity index (χ4n) is 2.33. The largest absolute Gasteiger partial charge is 0.203 e. The second-order valence-corrected chi connectivity index (χ2v) is 4.67. The average molecular weight is 205 g/mol. The average Bonchev–Trinajstić information content (AvgIpc) is 2.55. The molecule has 0 aromatic carbocycles. The highest BCUT2D eigenvalue weighted by molar-refractivity contribution is 5.68. The summed E-state index contributed by atoms with van der Waals surface area (Å²) in [6.07, 6.45) is 3.10. The number of nitriles is 1. The highest BCUT2D eigenvalue weighted by atomic mass is 15.1. The van der Waals surface area contributed by atoms with E-state index in [1.807, 2.05) is 0 Å². The van der Waals surface area contributed by atoms with Gasteiger partial charge in [0.1, 0.15) is 0 Å². The topological polar surface area (TPSA) is 26.8 Å². The van der Waals surface area contributed by atoms with E-state index in [4.69, 9.17) is 5.26 Å². The van der Waals surface area contributed by atoms with Crippen LogP contribution in [-0.2, 0) is 0 Å². The van der Waals surface area contributed by atoms with Crippen molar-refractivity contribution in [2.24, 2.45) is 11.8 Å². The smallest absolute Gasteiger partial charge is 0.182 e. The maximum absolute atomic E-state index is 9.16. The van der Waals surface area contributed by atoms with E-state index in [9.17, 15) is 0 Å². The summed E-state index contributed by atoms with van der Waals surface area (Å²) in [5.74, 6) is 0.451. The lowest BCUT2D eigenvalue weighted by Gasteiger charge is -2.10. The number of allylic oxidation sites excluding steroid dienone is 2. The molecule has 0 saturated carbocycles. The Morgan fingerprint density at radius 1 is 1.40 bits per heavy atom. The molecule has 1 rings (SSSR count). The van der Waals surface area contributed by atoms with E-state index in [2.05, 4.69) is 51.5 Å². The Balaban J connectivity index is 3.20. The van der Waals surface area contributed by atoms with Gasteiger partial charge in [-0.1, -0.05) is 20.8 Å². The third kappa shape index (κ3) is 2.12. The standard InChI is InChI=1S/C13H21N2/c1-6-12-13(9(2)3)11(7-14)8-15(12)10(4)5/h8-11H,6H2,1-5H3/q+1. The van der Waals surface area contributed by atoms with E-state index in [1.54, 1.807) is 0 Å². The second-order valence-electron chi connectivity index (χ2n) is 4.67. The predicted octanol–water partition coefficient (Wildman–Crippen LogP) is 2.95. The first-order chi connectivity index (χ1) is 7.02. The van der Waals surface area contributed by atoms with Gasteiger partial charge in [0.05, 0.1) is 6.07 Å². The van der Waals surface area contributed by atoms with Crippen molar-refractivity contribution >= 4 is 6.21 Å². The predicted molar refractivity (Wildman–Crippen MR) is 62.7 cm³/mol. The molecule has 82 valence electrons. The Labute approximate surface area is 92.9 Å². The molecular formula is C13H21N2+. The lowest BCUT2D eigenvalue weighted by atomic mass is 9.91. The van der Waals surface area contributed by atoms with E-state index in [1.165, 1.54) is 11.3 Å². The monoisotopic (exact) mass is 205 g/mol. The molecule has 1 aliphatic heterocycles. The Morgan fingerprint density at radius 3 is 2.33 bits per heavy atom. The third-order valence-electron chi connectivity index (χ3n) is 2.94. The third-order valence-corrected chi connectivity index (χ3v) is 2.94. The number of hydrogen-bond donors (Lipinski definition) is 0. The van der Waals surface area contributed by atoms with Gasteiger partial charge in [-0.05, 0) is 19.8 Å². The Bertz CT molecular complexity index is 340. The van der Waals surface area contributed by atoms with Gasteiger partial charge < -0.3 is 0 Å². The summed E-state index contributed by atoms with van der Waals surface area (Å²) in [4.78, 5) is 0. The Morgan fingerprint density at radius 2 is 2.00 bits per heavy atom. The van der Waals surface area contributed by atoms with Gasteiger partial charge in [-0.25, -0.2) is 4.58 Å². The molecule has 0 fully saturated rings. The summed E-state index contributed by atoms with van der Waals surface area (Å²) in [5.41, 5.74) is 2.67. The van der Waals surface area contributed by atoms with Gasteiger partial charge in [0, 0.05) is 12.0 Å². The van der Waals surface area contributed by atoms with E-state index < -0.39 is 0 Å². The quantitative estimate of drug-likeness (QED) is 0.651. The molecule has 0 aromatic heterocycles. The molecule has 2 nitrogen and oxygen atoms in total. The van der Waals surface area contributed by atoms with Gasteiger partial charge in [0.15, 0.2) is 23.9 Å². The maximum atomic E-state index is 9.16. The van der Waals surface area contributed by atoms with Crippen molar-refractivity contribution in [1.82, 2.24) is 0 Å². The van der Waals surface area contributed by atoms with Gasteiger partial charge >= 0.3 is 0 Å². The molecule has 0 saturated heterocycles. The molecule has 1 unspecified atom stereocenters. The molecular weight excluding hydrogens is 184 g/mol. The van der Waals surface area contributed by atoms with Crippen LogP contribution < -0.4 is 0 Å². The van der Waals surface area contributed by atoms with Crippen LogP contribution in [0.1, 0.15) is 41.0 Å².